The van der Waals surface area contributed by atoms with Crippen LogP contribution < -0.4 is 15.5 Å². The molecule has 1 aliphatic rings. The number of carbonyl (C=O) groups excluding carboxylic acids is 2. The summed E-state index contributed by atoms with van der Waals surface area (Å²) in [7, 11) is 0. The van der Waals surface area contributed by atoms with Crippen molar-refractivity contribution >= 4 is 35.1 Å². The molecule has 0 spiro atoms. The van der Waals surface area contributed by atoms with Gasteiger partial charge in [0.15, 0.2) is 0 Å². The van der Waals surface area contributed by atoms with Gasteiger partial charge in [0.25, 0.3) is 5.91 Å². The van der Waals surface area contributed by atoms with Crippen molar-refractivity contribution in [3.8, 4) is 0 Å². The van der Waals surface area contributed by atoms with Gasteiger partial charge in [0, 0.05) is 44.0 Å². The van der Waals surface area contributed by atoms with Crippen LogP contribution in [-0.4, -0.2) is 40.9 Å². The van der Waals surface area contributed by atoms with Gasteiger partial charge in [-0.3, -0.25) is 9.59 Å². The molecule has 11 heteroatoms. The first-order valence-electron chi connectivity index (χ1n) is 9.15. The molecule has 2 aromatic rings. The quantitative estimate of drug-likeness (QED) is 0.758. The summed E-state index contributed by atoms with van der Waals surface area (Å²) < 4.78 is 38.5. The second kappa shape index (κ2) is 8.86. The monoisotopic (exact) mass is 441 g/mol. The summed E-state index contributed by atoms with van der Waals surface area (Å²) in [5, 5.41) is 5.32. The molecule has 1 aliphatic heterocycles. The number of pyridine rings is 2. The van der Waals surface area contributed by atoms with Crippen LogP contribution in [0.25, 0.3) is 0 Å². The minimum atomic E-state index is -4.52. The number of alkyl halides is 3. The first-order chi connectivity index (χ1) is 14.1. The Balaban J connectivity index is 1.68. The van der Waals surface area contributed by atoms with Crippen LogP contribution in [0.1, 0.15) is 35.7 Å². The molecule has 2 amide bonds. The van der Waals surface area contributed by atoms with E-state index < -0.39 is 11.7 Å². The van der Waals surface area contributed by atoms with Gasteiger partial charge in [0.2, 0.25) is 5.91 Å². The molecule has 0 aromatic carbocycles. The standard InChI is InChI=1S/C19H19ClF3N5O2/c1-11(29)26-16-7-12(4-5-24-16)18(30)27-14-3-2-6-28(10-14)17-15(20)8-13(9-25-17)19(21,22)23/h4-5,7-9,14H,2-3,6,10H2,1H3,(H,27,30)(H,24,26,29)/t14-/m0/s1. The van der Waals surface area contributed by atoms with Gasteiger partial charge in [-0.15, -0.1) is 0 Å². The minimum Gasteiger partial charge on any atom is -0.353 e. The number of hydrogen-bond acceptors (Lipinski definition) is 5. The number of nitrogens with one attached hydrogen (secondary N) is 2. The van der Waals surface area contributed by atoms with Crippen molar-refractivity contribution in [2.75, 3.05) is 23.3 Å². The third-order valence-electron chi connectivity index (χ3n) is 4.53. The highest BCUT2D eigenvalue weighted by Gasteiger charge is 2.32. The fourth-order valence-corrected chi connectivity index (χ4v) is 3.48. The van der Waals surface area contributed by atoms with E-state index in [4.69, 9.17) is 11.6 Å². The van der Waals surface area contributed by atoms with E-state index in [-0.39, 0.29) is 34.5 Å². The fourth-order valence-electron chi connectivity index (χ4n) is 3.19. The molecule has 1 atom stereocenters. The molecule has 160 valence electrons. The molecular weight excluding hydrogens is 423 g/mol. The number of hydrogen-bond donors (Lipinski definition) is 2. The van der Waals surface area contributed by atoms with Gasteiger partial charge in [-0.1, -0.05) is 11.6 Å². The van der Waals surface area contributed by atoms with Crippen molar-refractivity contribution in [3.63, 3.8) is 0 Å². The third kappa shape index (κ3) is 5.38. The Labute approximate surface area is 175 Å². The lowest BCUT2D eigenvalue weighted by Crippen LogP contribution is -2.48. The van der Waals surface area contributed by atoms with Crippen molar-refractivity contribution in [1.29, 1.82) is 0 Å². The van der Waals surface area contributed by atoms with E-state index in [1.807, 2.05) is 0 Å². The van der Waals surface area contributed by atoms with Crippen LogP contribution >= 0.6 is 11.6 Å². The molecule has 0 aliphatic carbocycles. The van der Waals surface area contributed by atoms with E-state index in [1.54, 1.807) is 4.90 Å². The smallest absolute Gasteiger partial charge is 0.353 e. The molecular formula is C19H19ClF3N5O2. The Morgan fingerprint density at radius 1 is 1.27 bits per heavy atom. The molecule has 2 N–H and O–H groups in total. The largest absolute Gasteiger partial charge is 0.417 e. The lowest BCUT2D eigenvalue weighted by atomic mass is 10.0. The van der Waals surface area contributed by atoms with Crippen LogP contribution in [0.4, 0.5) is 24.8 Å². The lowest BCUT2D eigenvalue weighted by molar-refractivity contribution is -0.137. The molecule has 3 rings (SSSR count). The average molecular weight is 442 g/mol. The molecule has 1 fully saturated rings. The van der Waals surface area contributed by atoms with Gasteiger partial charge in [0.1, 0.15) is 11.6 Å². The van der Waals surface area contributed by atoms with E-state index >= 15 is 0 Å². The Kier molecular flexibility index (Phi) is 6.45. The highest BCUT2D eigenvalue weighted by molar-refractivity contribution is 6.33. The van der Waals surface area contributed by atoms with Crippen molar-refractivity contribution in [1.82, 2.24) is 15.3 Å². The van der Waals surface area contributed by atoms with Crippen molar-refractivity contribution < 1.29 is 22.8 Å². The van der Waals surface area contributed by atoms with Gasteiger partial charge >= 0.3 is 6.18 Å². The van der Waals surface area contributed by atoms with Gasteiger partial charge in [0.05, 0.1) is 10.6 Å². The molecule has 7 nitrogen and oxygen atoms in total. The van der Waals surface area contributed by atoms with Crippen LogP contribution in [0.3, 0.4) is 0 Å². The van der Waals surface area contributed by atoms with Crippen LogP contribution in [0.2, 0.25) is 5.02 Å². The first-order valence-corrected chi connectivity index (χ1v) is 9.53. The number of halogens is 4. The number of piperidine rings is 1. The normalized spacial score (nSPS) is 16.8. The van der Waals surface area contributed by atoms with Crippen LogP contribution in [-0.2, 0) is 11.0 Å². The van der Waals surface area contributed by atoms with Crippen molar-refractivity contribution in [3.05, 3.63) is 46.7 Å². The fraction of sp³-hybridized carbons (Fsp3) is 0.368. The summed E-state index contributed by atoms with van der Waals surface area (Å²) in [5.41, 5.74) is -0.581. The maximum absolute atomic E-state index is 12.8. The first kappa shape index (κ1) is 21.8. The molecule has 1 saturated heterocycles. The maximum atomic E-state index is 12.8. The Hall–Kier alpha value is -2.88. The molecule has 0 radical (unpaired) electrons. The zero-order valence-corrected chi connectivity index (χ0v) is 16.7. The van der Waals surface area contributed by atoms with Gasteiger partial charge in [-0.25, -0.2) is 9.97 Å². The molecule has 0 bridgehead atoms. The number of rotatable bonds is 4. The Morgan fingerprint density at radius 3 is 2.70 bits per heavy atom. The number of anilines is 2. The summed E-state index contributed by atoms with van der Waals surface area (Å²) in [6.07, 6.45) is -0.945. The number of carbonyl (C=O) groups is 2. The number of nitrogens with zero attached hydrogens (tertiary/aromatic N) is 3. The zero-order chi connectivity index (χ0) is 21.9. The predicted octanol–water partition coefficient (Wildman–Crippen LogP) is 3.51. The van der Waals surface area contributed by atoms with E-state index in [1.165, 1.54) is 25.3 Å². The second-order valence-electron chi connectivity index (χ2n) is 6.90. The molecule has 0 saturated carbocycles. The third-order valence-corrected chi connectivity index (χ3v) is 4.81. The minimum absolute atomic E-state index is 0.0918. The number of amides is 2. The van der Waals surface area contributed by atoms with E-state index in [0.29, 0.717) is 31.5 Å². The van der Waals surface area contributed by atoms with Gasteiger partial charge in [-0.05, 0) is 31.0 Å². The summed E-state index contributed by atoms with van der Waals surface area (Å²) in [6, 6.07) is 3.59. The van der Waals surface area contributed by atoms with Crippen LogP contribution in [0.15, 0.2) is 30.6 Å². The highest BCUT2D eigenvalue weighted by atomic mass is 35.5. The summed E-state index contributed by atoms with van der Waals surface area (Å²) >= 11 is 6.04. The molecule has 3 heterocycles. The highest BCUT2D eigenvalue weighted by Crippen LogP contribution is 2.34. The van der Waals surface area contributed by atoms with Crippen LogP contribution in [0.5, 0.6) is 0 Å². The number of aromatic nitrogens is 2. The van der Waals surface area contributed by atoms with E-state index in [9.17, 15) is 22.8 Å². The van der Waals surface area contributed by atoms with E-state index in [0.717, 1.165) is 12.3 Å². The SMILES string of the molecule is CC(=O)Nc1cc(C(=O)N[C@H]2CCCN(c3ncc(C(F)(F)F)cc3Cl)C2)ccn1. The summed E-state index contributed by atoms with van der Waals surface area (Å²) in [6.45, 7) is 2.26. The maximum Gasteiger partial charge on any atom is 0.417 e. The molecule has 2 aromatic heterocycles. The lowest BCUT2D eigenvalue weighted by Gasteiger charge is -2.34. The second-order valence-corrected chi connectivity index (χ2v) is 7.30. The van der Waals surface area contributed by atoms with E-state index in [2.05, 4.69) is 20.6 Å². The molecule has 30 heavy (non-hydrogen) atoms. The average Bonchev–Trinajstić information content (AvgIpc) is 2.67. The Morgan fingerprint density at radius 2 is 2.03 bits per heavy atom. The van der Waals surface area contributed by atoms with Gasteiger partial charge in [-0.2, -0.15) is 13.2 Å². The summed E-state index contributed by atoms with van der Waals surface area (Å²) in [5.74, 6) is -0.132. The van der Waals surface area contributed by atoms with Crippen molar-refractivity contribution in [2.24, 2.45) is 0 Å². The Bertz CT molecular complexity index is 954. The predicted molar refractivity (Wildman–Crippen MR) is 105 cm³/mol. The molecule has 0 unspecified atom stereocenters. The van der Waals surface area contributed by atoms with Gasteiger partial charge < -0.3 is 15.5 Å². The summed E-state index contributed by atoms with van der Waals surface area (Å²) in [4.78, 5) is 33.3. The topological polar surface area (TPSA) is 87.2 Å². The van der Waals surface area contributed by atoms with Crippen LogP contribution in [0, 0.1) is 0 Å². The zero-order valence-electron chi connectivity index (χ0n) is 16.0. The van der Waals surface area contributed by atoms with Crippen molar-refractivity contribution in [2.45, 2.75) is 32.0 Å².